The molecule has 2 atom stereocenters. The SMILES string of the molecule is O=C(Nc1ccc(F)cc1)c1ccc(Cl)c(NC(=O)[C@H]2[C@H](c3cc(Cl)cc(Cl)c3)C2(Cl)Cl)c1. The molecule has 0 saturated heterocycles. The largest absolute Gasteiger partial charge is 0.324 e. The van der Waals surface area contributed by atoms with E-state index in [-0.39, 0.29) is 16.3 Å². The van der Waals surface area contributed by atoms with Crippen molar-refractivity contribution in [2.75, 3.05) is 10.6 Å². The van der Waals surface area contributed by atoms with Gasteiger partial charge in [-0.2, -0.15) is 0 Å². The molecule has 10 heteroatoms. The lowest BCUT2D eigenvalue weighted by Gasteiger charge is -2.10. The number of alkyl halides is 2. The molecule has 1 aliphatic rings. The number of halogens is 6. The molecule has 170 valence electrons. The molecule has 1 saturated carbocycles. The van der Waals surface area contributed by atoms with Crippen LogP contribution in [0.4, 0.5) is 15.8 Å². The van der Waals surface area contributed by atoms with Gasteiger partial charge in [0, 0.05) is 27.2 Å². The van der Waals surface area contributed by atoms with Gasteiger partial charge in [-0.3, -0.25) is 9.59 Å². The number of rotatable bonds is 5. The summed E-state index contributed by atoms with van der Waals surface area (Å²) in [4.78, 5) is 25.5. The van der Waals surface area contributed by atoms with E-state index in [0.29, 0.717) is 21.3 Å². The highest BCUT2D eigenvalue weighted by atomic mass is 35.5. The van der Waals surface area contributed by atoms with Crippen LogP contribution in [0, 0.1) is 11.7 Å². The van der Waals surface area contributed by atoms with E-state index in [1.54, 1.807) is 18.2 Å². The van der Waals surface area contributed by atoms with Crippen LogP contribution in [0.15, 0.2) is 60.7 Å². The second-order valence-electron chi connectivity index (χ2n) is 7.48. The second-order valence-corrected chi connectivity index (χ2v) is 10.2. The smallest absolute Gasteiger partial charge is 0.255 e. The lowest BCUT2D eigenvalue weighted by molar-refractivity contribution is -0.117. The molecular formula is C23H14Cl5FN2O2. The Bertz CT molecular complexity index is 1230. The first-order valence-corrected chi connectivity index (χ1v) is 11.5. The first kappa shape index (κ1) is 24.1. The van der Waals surface area contributed by atoms with Crippen LogP contribution in [-0.4, -0.2) is 16.1 Å². The summed E-state index contributed by atoms with van der Waals surface area (Å²) < 4.78 is 11.7. The lowest BCUT2D eigenvalue weighted by atomic mass is 10.1. The van der Waals surface area contributed by atoms with Crippen molar-refractivity contribution in [3.05, 3.63) is 92.7 Å². The maximum atomic E-state index is 13.1. The zero-order valence-electron chi connectivity index (χ0n) is 16.5. The number of nitrogens with one attached hydrogen (secondary N) is 2. The molecule has 0 aromatic heterocycles. The van der Waals surface area contributed by atoms with E-state index in [4.69, 9.17) is 58.0 Å². The third-order valence-corrected chi connectivity index (χ3v) is 6.87. The normalized spacial score (nSPS) is 18.5. The fourth-order valence-corrected chi connectivity index (χ4v) is 5.07. The van der Waals surface area contributed by atoms with Gasteiger partial charge in [-0.25, -0.2) is 4.39 Å². The van der Waals surface area contributed by atoms with E-state index in [1.165, 1.54) is 42.5 Å². The summed E-state index contributed by atoms with van der Waals surface area (Å²) in [7, 11) is 0. The van der Waals surface area contributed by atoms with Gasteiger partial charge in [0.15, 0.2) is 0 Å². The van der Waals surface area contributed by atoms with Gasteiger partial charge in [0.25, 0.3) is 5.91 Å². The van der Waals surface area contributed by atoms with E-state index < -0.39 is 33.8 Å². The molecule has 0 radical (unpaired) electrons. The Labute approximate surface area is 213 Å². The van der Waals surface area contributed by atoms with Crippen LogP contribution < -0.4 is 10.6 Å². The Morgan fingerprint density at radius 1 is 0.848 bits per heavy atom. The van der Waals surface area contributed by atoms with Crippen LogP contribution in [-0.2, 0) is 4.79 Å². The molecule has 0 unspecified atom stereocenters. The number of benzene rings is 3. The first-order chi connectivity index (χ1) is 15.6. The van der Waals surface area contributed by atoms with Crippen molar-refractivity contribution < 1.29 is 14.0 Å². The summed E-state index contributed by atoms with van der Waals surface area (Å²) in [6, 6.07) is 14.6. The predicted molar refractivity (Wildman–Crippen MR) is 132 cm³/mol. The molecule has 0 heterocycles. The number of hydrogen-bond acceptors (Lipinski definition) is 2. The lowest BCUT2D eigenvalue weighted by Crippen LogP contribution is -2.18. The molecule has 1 fully saturated rings. The third-order valence-electron chi connectivity index (χ3n) is 5.17. The van der Waals surface area contributed by atoms with Gasteiger partial charge in [-0.05, 0) is 66.2 Å². The van der Waals surface area contributed by atoms with Crippen molar-refractivity contribution in [2.24, 2.45) is 5.92 Å². The average Bonchev–Trinajstić information content (AvgIpc) is 3.32. The molecule has 4 rings (SSSR count). The quantitative estimate of drug-likeness (QED) is 0.325. The van der Waals surface area contributed by atoms with Gasteiger partial charge in [0.05, 0.1) is 16.6 Å². The fraction of sp³-hybridized carbons (Fsp3) is 0.130. The van der Waals surface area contributed by atoms with Crippen molar-refractivity contribution in [1.82, 2.24) is 0 Å². The Balaban J connectivity index is 1.51. The molecule has 4 nitrogen and oxygen atoms in total. The minimum absolute atomic E-state index is 0.215. The van der Waals surface area contributed by atoms with Crippen LogP contribution in [0.5, 0.6) is 0 Å². The van der Waals surface area contributed by atoms with Crippen molar-refractivity contribution in [1.29, 1.82) is 0 Å². The monoisotopic (exact) mass is 544 g/mol. The zero-order valence-corrected chi connectivity index (χ0v) is 20.3. The highest BCUT2D eigenvalue weighted by molar-refractivity contribution is 6.53. The molecular weight excluding hydrogens is 533 g/mol. The molecule has 3 aromatic carbocycles. The molecule has 0 spiro atoms. The highest BCUT2D eigenvalue weighted by Crippen LogP contribution is 2.65. The maximum Gasteiger partial charge on any atom is 0.255 e. The Morgan fingerprint density at radius 3 is 2.12 bits per heavy atom. The summed E-state index contributed by atoms with van der Waals surface area (Å²) in [5, 5.41) is 6.35. The maximum absolute atomic E-state index is 13.1. The molecule has 2 amide bonds. The van der Waals surface area contributed by atoms with Crippen LogP contribution in [0.1, 0.15) is 21.8 Å². The van der Waals surface area contributed by atoms with Crippen molar-refractivity contribution >= 4 is 81.2 Å². The molecule has 33 heavy (non-hydrogen) atoms. The summed E-state index contributed by atoms with van der Waals surface area (Å²) in [5.41, 5.74) is 1.50. The van der Waals surface area contributed by atoms with Gasteiger partial charge < -0.3 is 10.6 Å². The van der Waals surface area contributed by atoms with Crippen LogP contribution >= 0.6 is 58.0 Å². The molecule has 3 aromatic rings. The zero-order chi connectivity index (χ0) is 23.9. The van der Waals surface area contributed by atoms with Crippen LogP contribution in [0.3, 0.4) is 0 Å². The van der Waals surface area contributed by atoms with E-state index in [1.807, 2.05) is 0 Å². The standard InChI is InChI=1S/C23H14Cl5FN2O2/c24-13-7-12(8-14(25)10-13)19-20(23(19,27)28)22(33)31-18-9-11(1-6-17(18)26)21(32)30-16-4-2-15(29)3-5-16/h1-10,19-20H,(H,30,32)(H,31,33)/t19-,20+/m0/s1. The Morgan fingerprint density at radius 2 is 1.48 bits per heavy atom. The van der Waals surface area contributed by atoms with E-state index >= 15 is 0 Å². The average molecular weight is 547 g/mol. The van der Waals surface area contributed by atoms with E-state index in [9.17, 15) is 14.0 Å². The van der Waals surface area contributed by atoms with Gasteiger partial charge in [0.2, 0.25) is 5.91 Å². The summed E-state index contributed by atoms with van der Waals surface area (Å²) >= 11 is 31.1. The predicted octanol–water partition coefficient (Wildman–Crippen LogP) is 7.56. The van der Waals surface area contributed by atoms with Gasteiger partial charge in [0.1, 0.15) is 10.2 Å². The molecule has 1 aliphatic carbocycles. The van der Waals surface area contributed by atoms with Gasteiger partial charge in [-0.15, -0.1) is 23.2 Å². The number of carbonyl (C=O) groups is 2. The minimum atomic E-state index is -1.36. The molecule has 0 bridgehead atoms. The first-order valence-electron chi connectivity index (χ1n) is 9.57. The fourth-order valence-electron chi connectivity index (χ4n) is 3.53. The second kappa shape index (κ2) is 9.32. The van der Waals surface area contributed by atoms with Crippen LogP contribution in [0.2, 0.25) is 15.1 Å². The third kappa shape index (κ3) is 5.23. The molecule has 2 N–H and O–H groups in total. The number of carbonyl (C=O) groups excluding carboxylic acids is 2. The topological polar surface area (TPSA) is 58.2 Å². The van der Waals surface area contributed by atoms with E-state index in [2.05, 4.69) is 10.6 Å². The minimum Gasteiger partial charge on any atom is -0.324 e. The summed E-state index contributed by atoms with van der Waals surface area (Å²) in [6.45, 7) is 0. The highest BCUT2D eigenvalue weighted by Gasteiger charge is 2.67. The summed E-state index contributed by atoms with van der Waals surface area (Å²) in [5.74, 6) is -2.67. The molecule has 0 aliphatic heterocycles. The van der Waals surface area contributed by atoms with Crippen molar-refractivity contribution in [2.45, 2.75) is 10.3 Å². The number of amides is 2. The van der Waals surface area contributed by atoms with Gasteiger partial charge >= 0.3 is 0 Å². The van der Waals surface area contributed by atoms with Crippen LogP contribution in [0.25, 0.3) is 0 Å². The Kier molecular flexibility index (Phi) is 6.81. The van der Waals surface area contributed by atoms with E-state index in [0.717, 1.165) is 0 Å². The number of anilines is 2. The summed E-state index contributed by atoms with van der Waals surface area (Å²) in [6.07, 6.45) is 0. The van der Waals surface area contributed by atoms with Crippen molar-refractivity contribution in [3.63, 3.8) is 0 Å². The van der Waals surface area contributed by atoms with Crippen molar-refractivity contribution in [3.8, 4) is 0 Å². The number of hydrogen-bond donors (Lipinski definition) is 2. The van der Waals surface area contributed by atoms with Gasteiger partial charge in [-0.1, -0.05) is 34.8 Å². The Hall–Kier alpha value is -2.02.